The molecular formula is C15H24N2O2. The van der Waals surface area contributed by atoms with E-state index in [1.54, 1.807) is 0 Å². The summed E-state index contributed by atoms with van der Waals surface area (Å²) in [5, 5.41) is 0. The standard InChI is InChI=1S/C15H24N2O2/c1-17(2)11-12-19-15(18)14-8-6-13(7-9-14)5-3-4-10-16/h6-9H,3-5,10-12,16H2,1-2H3. The van der Waals surface area contributed by atoms with Crippen LogP contribution in [-0.4, -0.2) is 44.7 Å². The molecule has 0 amide bonds. The predicted octanol–water partition coefficient (Wildman–Crippen LogP) is 1.69. The molecule has 0 aliphatic carbocycles. The van der Waals surface area contributed by atoms with Gasteiger partial charge in [0.2, 0.25) is 0 Å². The maximum atomic E-state index is 11.7. The molecule has 19 heavy (non-hydrogen) atoms. The number of rotatable bonds is 8. The quantitative estimate of drug-likeness (QED) is 0.573. The summed E-state index contributed by atoms with van der Waals surface area (Å²) in [7, 11) is 3.90. The van der Waals surface area contributed by atoms with Crippen LogP contribution in [0.15, 0.2) is 24.3 Å². The SMILES string of the molecule is CN(C)CCOC(=O)c1ccc(CCCCN)cc1. The number of carbonyl (C=O) groups is 1. The highest BCUT2D eigenvalue weighted by Gasteiger charge is 2.06. The van der Waals surface area contributed by atoms with Crippen molar-refractivity contribution in [3.05, 3.63) is 35.4 Å². The lowest BCUT2D eigenvalue weighted by atomic mass is 10.1. The van der Waals surface area contributed by atoms with Gasteiger partial charge >= 0.3 is 5.97 Å². The zero-order valence-electron chi connectivity index (χ0n) is 11.9. The summed E-state index contributed by atoms with van der Waals surface area (Å²) in [6.07, 6.45) is 3.13. The van der Waals surface area contributed by atoms with Crippen LogP contribution >= 0.6 is 0 Å². The Balaban J connectivity index is 2.39. The second-order valence-electron chi connectivity index (χ2n) is 4.88. The van der Waals surface area contributed by atoms with E-state index in [0.717, 1.165) is 32.4 Å². The van der Waals surface area contributed by atoms with Crippen LogP contribution in [0.5, 0.6) is 0 Å². The maximum Gasteiger partial charge on any atom is 0.338 e. The summed E-state index contributed by atoms with van der Waals surface area (Å²) >= 11 is 0. The normalized spacial score (nSPS) is 10.7. The van der Waals surface area contributed by atoms with Gasteiger partial charge in [-0.25, -0.2) is 4.79 Å². The molecule has 1 rings (SSSR count). The zero-order valence-corrected chi connectivity index (χ0v) is 11.9. The Bertz CT molecular complexity index is 374. The molecule has 0 aliphatic heterocycles. The molecule has 0 heterocycles. The van der Waals surface area contributed by atoms with E-state index in [1.807, 2.05) is 43.3 Å². The molecule has 1 aromatic rings. The minimum absolute atomic E-state index is 0.254. The Morgan fingerprint density at radius 2 is 1.89 bits per heavy atom. The number of unbranched alkanes of at least 4 members (excludes halogenated alkanes) is 1. The highest BCUT2D eigenvalue weighted by atomic mass is 16.5. The van der Waals surface area contributed by atoms with Gasteiger partial charge in [-0.2, -0.15) is 0 Å². The van der Waals surface area contributed by atoms with Crippen molar-refractivity contribution in [2.75, 3.05) is 33.8 Å². The first-order chi connectivity index (χ1) is 9.13. The summed E-state index contributed by atoms with van der Waals surface area (Å²) < 4.78 is 5.18. The van der Waals surface area contributed by atoms with Gasteiger partial charge < -0.3 is 15.4 Å². The maximum absolute atomic E-state index is 11.7. The van der Waals surface area contributed by atoms with E-state index in [1.165, 1.54) is 5.56 Å². The van der Waals surface area contributed by atoms with Gasteiger partial charge in [-0.1, -0.05) is 12.1 Å². The number of hydrogen-bond donors (Lipinski definition) is 1. The van der Waals surface area contributed by atoms with Crippen LogP contribution in [0, 0.1) is 0 Å². The fraction of sp³-hybridized carbons (Fsp3) is 0.533. The van der Waals surface area contributed by atoms with Gasteiger partial charge in [0, 0.05) is 6.54 Å². The Morgan fingerprint density at radius 3 is 2.47 bits per heavy atom. The van der Waals surface area contributed by atoms with Crippen LogP contribution in [-0.2, 0) is 11.2 Å². The summed E-state index contributed by atoms with van der Waals surface area (Å²) in [5.74, 6) is -0.254. The number of ether oxygens (including phenoxy) is 1. The van der Waals surface area contributed by atoms with E-state index in [-0.39, 0.29) is 5.97 Å². The number of esters is 1. The molecule has 0 fully saturated rings. The molecule has 106 valence electrons. The number of likely N-dealkylation sites (N-methyl/N-ethyl adjacent to an activating group) is 1. The smallest absolute Gasteiger partial charge is 0.338 e. The van der Waals surface area contributed by atoms with Crippen LogP contribution in [0.3, 0.4) is 0 Å². The highest BCUT2D eigenvalue weighted by molar-refractivity contribution is 5.89. The van der Waals surface area contributed by atoms with Crippen molar-refractivity contribution in [1.29, 1.82) is 0 Å². The number of carbonyl (C=O) groups excluding carboxylic acids is 1. The monoisotopic (exact) mass is 264 g/mol. The van der Waals surface area contributed by atoms with Crippen molar-refractivity contribution in [3.8, 4) is 0 Å². The number of nitrogens with zero attached hydrogens (tertiary/aromatic N) is 1. The van der Waals surface area contributed by atoms with E-state index in [2.05, 4.69) is 0 Å². The second kappa shape index (κ2) is 8.67. The Labute approximate surface area is 115 Å². The first-order valence-electron chi connectivity index (χ1n) is 6.74. The van der Waals surface area contributed by atoms with Gasteiger partial charge in [0.1, 0.15) is 6.61 Å². The predicted molar refractivity (Wildman–Crippen MR) is 77.3 cm³/mol. The molecular weight excluding hydrogens is 240 g/mol. The van der Waals surface area contributed by atoms with E-state index < -0.39 is 0 Å². The zero-order chi connectivity index (χ0) is 14.1. The average molecular weight is 264 g/mol. The molecule has 0 saturated heterocycles. The van der Waals surface area contributed by atoms with Crippen molar-refractivity contribution in [2.45, 2.75) is 19.3 Å². The van der Waals surface area contributed by atoms with Crippen LogP contribution in [0.1, 0.15) is 28.8 Å². The fourth-order valence-corrected chi connectivity index (χ4v) is 1.69. The summed E-state index contributed by atoms with van der Waals surface area (Å²) in [5.41, 5.74) is 7.31. The number of benzene rings is 1. The largest absolute Gasteiger partial charge is 0.461 e. The third-order valence-corrected chi connectivity index (χ3v) is 2.88. The first-order valence-corrected chi connectivity index (χ1v) is 6.74. The van der Waals surface area contributed by atoms with Crippen LogP contribution in [0.25, 0.3) is 0 Å². The van der Waals surface area contributed by atoms with Crippen LogP contribution in [0.2, 0.25) is 0 Å². The molecule has 0 radical (unpaired) electrons. The minimum Gasteiger partial charge on any atom is -0.461 e. The Kier molecular flexibility index (Phi) is 7.15. The Morgan fingerprint density at radius 1 is 1.21 bits per heavy atom. The Hall–Kier alpha value is -1.39. The number of aryl methyl sites for hydroxylation is 1. The minimum atomic E-state index is -0.254. The molecule has 0 aliphatic rings. The number of nitrogens with two attached hydrogens (primary N) is 1. The van der Waals surface area contributed by atoms with Gasteiger partial charge in [0.15, 0.2) is 0 Å². The van der Waals surface area contributed by atoms with E-state index in [9.17, 15) is 4.79 Å². The molecule has 0 spiro atoms. The van der Waals surface area contributed by atoms with Crippen molar-refractivity contribution in [3.63, 3.8) is 0 Å². The summed E-state index contributed by atoms with van der Waals surface area (Å²) in [6.45, 7) is 1.89. The molecule has 0 unspecified atom stereocenters. The van der Waals surface area contributed by atoms with Crippen molar-refractivity contribution >= 4 is 5.97 Å². The van der Waals surface area contributed by atoms with Gasteiger partial charge in [0.25, 0.3) is 0 Å². The molecule has 2 N–H and O–H groups in total. The lowest BCUT2D eigenvalue weighted by molar-refractivity contribution is 0.0482. The van der Waals surface area contributed by atoms with E-state index in [0.29, 0.717) is 12.2 Å². The van der Waals surface area contributed by atoms with Crippen molar-refractivity contribution in [1.82, 2.24) is 4.90 Å². The van der Waals surface area contributed by atoms with Gasteiger partial charge in [-0.15, -0.1) is 0 Å². The molecule has 0 bridgehead atoms. The molecule has 0 aromatic heterocycles. The molecule has 0 atom stereocenters. The molecule has 0 saturated carbocycles. The summed E-state index contributed by atoms with van der Waals surface area (Å²) in [6, 6.07) is 7.63. The van der Waals surface area contributed by atoms with Gasteiger partial charge in [-0.05, 0) is 57.6 Å². The third-order valence-electron chi connectivity index (χ3n) is 2.88. The van der Waals surface area contributed by atoms with Gasteiger partial charge in [-0.3, -0.25) is 0 Å². The molecule has 4 nitrogen and oxygen atoms in total. The van der Waals surface area contributed by atoms with E-state index >= 15 is 0 Å². The third kappa shape index (κ3) is 6.36. The second-order valence-corrected chi connectivity index (χ2v) is 4.88. The fourth-order valence-electron chi connectivity index (χ4n) is 1.69. The van der Waals surface area contributed by atoms with Crippen molar-refractivity contribution in [2.24, 2.45) is 5.73 Å². The first kappa shape index (κ1) is 15.7. The molecule has 4 heteroatoms. The highest BCUT2D eigenvalue weighted by Crippen LogP contribution is 2.09. The van der Waals surface area contributed by atoms with Gasteiger partial charge in [0.05, 0.1) is 5.56 Å². The molecule has 1 aromatic carbocycles. The number of hydrogen-bond acceptors (Lipinski definition) is 4. The van der Waals surface area contributed by atoms with E-state index in [4.69, 9.17) is 10.5 Å². The topological polar surface area (TPSA) is 55.6 Å². The van der Waals surface area contributed by atoms with Crippen LogP contribution < -0.4 is 5.73 Å². The average Bonchev–Trinajstić information content (AvgIpc) is 2.39. The van der Waals surface area contributed by atoms with Crippen LogP contribution in [0.4, 0.5) is 0 Å². The van der Waals surface area contributed by atoms with Crippen molar-refractivity contribution < 1.29 is 9.53 Å². The summed E-state index contributed by atoms with van der Waals surface area (Å²) in [4.78, 5) is 13.7. The lowest BCUT2D eigenvalue weighted by Gasteiger charge is -2.10. The lowest BCUT2D eigenvalue weighted by Crippen LogP contribution is -2.20.